The summed E-state index contributed by atoms with van der Waals surface area (Å²) in [5, 5.41) is 4.72. The van der Waals surface area contributed by atoms with Gasteiger partial charge in [-0.3, -0.25) is 9.59 Å². The molecular weight excluding hydrogens is 512 g/mol. The highest BCUT2D eigenvalue weighted by Gasteiger charge is 2.34. The number of amides is 2. The summed E-state index contributed by atoms with van der Waals surface area (Å²) in [4.78, 5) is 35.1. The summed E-state index contributed by atoms with van der Waals surface area (Å²) < 4.78 is 5.62. The van der Waals surface area contributed by atoms with Gasteiger partial charge in [0.25, 0.3) is 5.91 Å². The highest BCUT2D eigenvalue weighted by Crippen LogP contribution is 2.32. The van der Waals surface area contributed by atoms with Crippen LogP contribution < -0.4 is 0 Å². The minimum Gasteiger partial charge on any atom is -0.337 e. The van der Waals surface area contributed by atoms with Crippen molar-refractivity contribution in [3.8, 4) is 22.5 Å². The second-order valence-electron chi connectivity index (χ2n) is 10.0. The number of nitrogens with zero attached hydrogens (tertiary/aromatic N) is 4. The number of likely N-dealkylation sites (tertiary alicyclic amines) is 1. The van der Waals surface area contributed by atoms with E-state index in [1.165, 1.54) is 0 Å². The predicted molar refractivity (Wildman–Crippen MR) is 151 cm³/mol. The molecule has 2 amide bonds. The third-order valence-corrected chi connectivity index (χ3v) is 7.30. The molecule has 1 fully saturated rings. The average Bonchev–Trinajstić information content (AvgIpc) is 3.46. The van der Waals surface area contributed by atoms with Crippen molar-refractivity contribution in [3.05, 3.63) is 95.3 Å². The highest BCUT2D eigenvalue weighted by atomic mass is 35.5. The Kier molecular flexibility index (Phi) is 8.07. The smallest absolute Gasteiger partial charge is 0.254 e. The number of aromatic nitrogens is 2. The van der Waals surface area contributed by atoms with Crippen LogP contribution >= 0.6 is 11.6 Å². The fraction of sp³-hybridized carbons (Fsp3) is 0.290. The Morgan fingerprint density at radius 3 is 2.41 bits per heavy atom. The molecule has 200 valence electrons. The molecule has 0 N–H and O–H groups in total. The molecule has 0 aliphatic carbocycles. The van der Waals surface area contributed by atoms with E-state index < -0.39 is 0 Å². The van der Waals surface area contributed by atoms with Gasteiger partial charge in [0.05, 0.1) is 0 Å². The average molecular weight is 543 g/mol. The van der Waals surface area contributed by atoms with Crippen LogP contribution in [0.4, 0.5) is 0 Å². The number of piperidine rings is 1. The maximum absolute atomic E-state index is 13.6. The summed E-state index contributed by atoms with van der Waals surface area (Å²) in [5.74, 6) is 0.526. The molecule has 7 nitrogen and oxygen atoms in total. The van der Waals surface area contributed by atoms with Crippen LogP contribution in [0.2, 0.25) is 5.02 Å². The van der Waals surface area contributed by atoms with Gasteiger partial charge in [0.15, 0.2) is 0 Å². The Labute approximate surface area is 233 Å². The normalized spacial score (nSPS) is 15.4. The molecule has 1 aliphatic heterocycles. The molecule has 0 radical (unpaired) electrons. The van der Waals surface area contributed by atoms with Gasteiger partial charge in [-0.05, 0) is 68.5 Å². The van der Waals surface area contributed by atoms with Gasteiger partial charge in [-0.25, -0.2) is 0 Å². The number of hydrogen-bond acceptors (Lipinski definition) is 5. The molecule has 0 saturated carbocycles. The first-order valence-corrected chi connectivity index (χ1v) is 13.6. The lowest BCUT2D eigenvalue weighted by Gasteiger charge is -2.36. The zero-order chi connectivity index (χ0) is 27.4. The van der Waals surface area contributed by atoms with Crippen molar-refractivity contribution in [3.63, 3.8) is 0 Å². The van der Waals surface area contributed by atoms with Crippen molar-refractivity contribution in [2.45, 2.75) is 45.2 Å². The Morgan fingerprint density at radius 2 is 1.69 bits per heavy atom. The first-order valence-electron chi connectivity index (χ1n) is 13.3. The minimum atomic E-state index is -0.332. The first-order chi connectivity index (χ1) is 18.9. The molecular formula is C31H31ClN4O3. The lowest BCUT2D eigenvalue weighted by Crippen LogP contribution is -2.48. The maximum Gasteiger partial charge on any atom is 0.254 e. The third kappa shape index (κ3) is 6.04. The molecule has 1 aromatic heterocycles. The van der Waals surface area contributed by atoms with Gasteiger partial charge in [-0.2, -0.15) is 4.98 Å². The Balaban J connectivity index is 1.32. The summed E-state index contributed by atoms with van der Waals surface area (Å²) in [6, 6.07) is 24.3. The molecule has 3 aromatic carbocycles. The second-order valence-corrected chi connectivity index (χ2v) is 10.5. The molecule has 8 heteroatoms. The van der Waals surface area contributed by atoms with Crippen LogP contribution in [-0.4, -0.2) is 50.9 Å². The van der Waals surface area contributed by atoms with E-state index in [-0.39, 0.29) is 30.4 Å². The van der Waals surface area contributed by atoms with Gasteiger partial charge in [0.2, 0.25) is 17.6 Å². The Bertz CT molecular complexity index is 1440. The zero-order valence-corrected chi connectivity index (χ0v) is 22.8. The van der Waals surface area contributed by atoms with Crippen LogP contribution in [0.5, 0.6) is 0 Å². The molecule has 1 atom stereocenters. The fourth-order valence-corrected chi connectivity index (χ4v) is 5.12. The van der Waals surface area contributed by atoms with Crippen molar-refractivity contribution in [2.75, 3.05) is 13.1 Å². The lowest BCUT2D eigenvalue weighted by atomic mass is 10.0. The molecule has 0 bridgehead atoms. The largest absolute Gasteiger partial charge is 0.337 e. The van der Waals surface area contributed by atoms with Crippen LogP contribution in [0.25, 0.3) is 22.5 Å². The Hall–Kier alpha value is -3.97. The van der Waals surface area contributed by atoms with E-state index in [0.29, 0.717) is 28.8 Å². The standard InChI is InChI=1S/C31H31ClN4O3/c1-21(2)36(31(38)24-16-14-23(15-17-24)22-9-4-3-5-10-22)20-28(37)35-18-7-6-13-27(35)30-33-29(34-39-30)25-11-8-12-26(32)19-25/h3-5,8-12,14-17,19,21,27H,6-7,13,18,20H2,1-2H3. The summed E-state index contributed by atoms with van der Waals surface area (Å²) >= 11 is 6.12. The van der Waals surface area contributed by atoms with Gasteiger partial charge in [-0.1, -0.05) is 71.4 Å². The Morgan fingerprint density at radius 1 is 0.974 bits per heavy atom. The van der Waals surface area contributed by atoms with Crippen LogP contribution in [0.1, 0.15) is 55.4 Å². The molecule has 1 aliphatic rings. The summed E-state index contributed by atoms with van der Waals surface area (Å²) in [7, 11) is 0. The van der Waals surface area contributed by atoms with Crippen molar-refractivity contribution in [1.29, 1.82) is 0 Å². The molecule has 1 saturated heterocycles. The molecule has 1 unspecified atom stereocenters. The SMILES string of the molecule is CC(C)N(CC(=O)N1CCCCC1c1nc(-c2cccc(Cl)c2)no1)C(=O)c1ccc(-c2ccccc2)cc1. The number of benzene rings is 3. The van der Waals surface area contributed by atoms with Crippen LogP contribution in [0.15, 0.2) is 83.4 Å². The van der Waals surface area contributed by atoms with Crippen LogP contribution in [0, 0.1) is 0 Å². The number of carbonyl (C=O) groups is 2. The predicted octanol–water partition coefficient (Wildman–Crippen LogP) is 6.66. The molecule has 0 spiro atoms. The number of rotatable bonds is 7. The van der Waals surface area contributed by atoms with Gasteiger partial charge >= 0.3 is 0 Å². The zero-order valence-electron chi connectivity index (χ0n) is 22.1. The van der Waals surface area contributed by atoms with Crippen LogP contribution in [0.3, 0.4) is 0 Å². The number of carbonyl (C=O) groups excluding carboxylic acids is 2. The van der Waals surface area contributed by atoms with Gasteiger partial charge < -0.3 is 14.3 Å². The van der Waals surface area contributed by atoms with E-state index in [4.69, 9.17) is 16.1 Å². The summed E-state index contributed by atoms with van der Waals surface area (Å²) in [5.41, 5.74) is 3.42. The minimum absolute atomic E-state index is 0.0251. The quantitative estimate of drug-likeness (QED) is 0.261. The van der Waals surface area contributed by atoms with Crippen molar-refractivity contribution in [1.82, 2.24) is 19.9 Å². The topological polar surface area (TPSA) is 79.5 Å². The first kappa shape index (κ1) is 26.6. The number of halogens is 1. The fourth-order valence-electron chi connectivity index (χ4n) is 4.93. The monoisotopic (exact) mass is 542 g/mol. The van der Waals surface area contributed by atoms with Crippen molar-refractivity contribution < 1.29 is 14.1 Å². The van der Waals surface area contributed by atoms with E-state index in [1.54, 1.807) is 21.9 Å². The highest BCUT2D eigenvalue weighted by molar-refractivity contribution is 6.30. The van der Waals surface area contributed by atoms with Crippen LogP contribution in [-0.2, 0) is 4.79 Å². The second kappa shape index (κ2) is 11.8. The van der Waals surface area contributed by atoms with Gasteiger partial charge in [0.1, 0.15) is 12.6 Å². The molecule has 4 aromatic rings. The maximum atomic E-state index is 13.6. The lowest BCUT2D eigenvalue weighted by molar-refractivity contribution is -0.136. The van der Waals surface area contributed by atoms with Crippen molar-refractivity contribution in [2.24, 2.45) is 0 Å². The third-order valence-electron chi connectivity index (χ3n) is 7.06. The molecule has 39 heavy (non-hydrogen) atoms. The summed E-state index contributed by atoms with van der Waals surface area (Å²) in [6.07, 6.45) is 2.55. The van der Waals surface area contributed by atoms with Crippen molar-refractivity contribution >= 4 is 23.4 Å². The van der Waals surface area contributed by atoms with Gasteiger partial charge in [0, 0.05) is 28.7 Å². The van der Waals surface area contributed by atoms with E-state index in [1.807, 2.05) is 80.6 Å². The van der Waals surface area contributed by atoms with E-state index in [2.05, 4.69) is 10.1 Å². The number of hydrogen-bond donors (Lipinski definition) is 0. The molecule has 2 heterocycles. The molecule has 5 rings (SSSR count). The van der Waals surface area contributed by atoms with E-state index in [9.17, 15) is 9.59 Å². The van der Waals surface area contributed by atoms with E-state index >= 15 is 0 Å². The summed E-state index contributed by atoms with van der Waals surface area (Å²) in [6.45, 7) is 4.39. The van der Waals surface area contributed by atoms with Gasteiger partial charge in [-0.15, -0.1) is 0 Å². The van der Waals surface area contributed by atoms with E-state index in [0.717, 1.165) is 36.0 Å².